The van der Waals surface area contributed by atoms with Crippen molar-refractivity contribution in [3.63, 3.8) is 0 Å². The average molecular weight is 284 g/mol. The van der Waals surface area contributed by atoms with Crippen LogP contribution in [-0.4, -0.2) is 11.6 Å². The van der Waals surface area contributed by atoms with Crippen molar-refractivity contribution in [2.75, 3.05) is 11.5 Å². The van der Waals surface area contributed by atoms with E-state index >= 15 is 0 Å². The van der Waals surface area contributed by atoms with Crippen molar-refractivity contribution in [3.8, 4) is 0 Å². The maximum absolute atomic E-state index is 11.1. The third-order valence-corrected chi connectivity index (χ3v) is 2.87. The van der Waals surface area contributed by atoms with Crippen molar-refractivity contribution < 1.29 is 9.59 Å². The lowest BCUT2D eigenvalue weighted by Crippen LogP contribution is -1.96. The maximum atomic E-state index is 11.1. The van der Waals surface area contributed by atoms with Crippen LogP contribution in [0.2, 0.25) is 0 Å². The van der Waals surface area contributed by atoms with Gasteiger partial charge in [-0.05, 0) is 55.5 Å². The summed E-state index contributed by atoms with van der Waals surface area (Å²) >= 11 is 0. The zero-order valence-electron chi connectivity index (χ0n) is 12.3. The fourth-order valence-corrected chi connectivity index (χ4v) is 1.59. The molecule has 0 aromatic heterocycles. The lowest BCUT2D eigenvalue weighted by atomic mass is 10.1. The monoisotopic (exact) mass is 284 g/mol. The van der Waals surface area contributed by atoms with E-state index in [-0.39, 0.29) is 11.6 Å². The Balaban J connectivity index is 0.000000211. The Hall–Kier alpha value is -2.62. The lowest BCUT2D eigenvalue weighted by Gasteiger charge is -1.96. The summed E-state index contributed by atoms with van der Waals surface area (Å²) in [6, 6.07) is 13.9. The molecule has 0 aliphatic rings. The van der Waals surface area contributed by atoms with Gasteiger partial charge in [-0.15, -0.1) is 0 Å². The van der Waals surface area contributed by atoms with Crippen molar-refractivity contribution in [1.82, 2.24) is 0 Å². The molecule has 0 aliphatic heterocycles. The minimum Gasteiger partial charge on any atom is -0.399 e. The topological polar surface area (TPSA) is 86.2 Å². The summed E-state index contributed by atoms with van der Waals surface area (Å²) in [4.78, 5) is 21.8. The zero-order chi connectivity index (χ0) is 15.8. The summed E-state index contributed by atoms with van der Waals surface area (Å²) in [5, 5.41) is 0. The largest absolute Gasteiger partial charge is 0.399 e. The Labute approximate surface area is 124 Å². The molecule has 110 valence electrons. The quantitative estimate of drug-likeness (QED) is 0.668. The molecule has 2 aromatic rings. The van der Waals surface area contributed by atoms with Crippen LogP contribution in [0.25, 0.3) is 0 Å². The van der Waals surface area contributed by atoms with E-state index in [0.29, 0.717) is 23.4 Å². The van der Waals surface area contributed by atoms with Crippen LogP contribution in [0.3, 0.4) is 0 Å². The molecule has 0 heterocycles. The first-order valence-electron chi connectivity index (χ1n) is 6.69. The molecule has 0 radical (unpaired) electrons. The van der Waals surface area contributed by atoms with Crippen LogP contribution in [0.5, 0.6) is 0 Å². The highest BCUT2D eigenvalue weighted by molar-refractivity contribution is 5.96. The molecule has 0 saturated heterocycles. The van der Waals surface area contributed by atoms with Crippen LogP contribution in [0.4, 0.5) is 11.4 Å². The summed E-state index contributed by atoms with van der Waals surface area (Å²) in [5.74, 6) is 0.227. The lowest BCUT2D eigenvalue weighted by molar-refractivity contribution is 0.0986. The second-order valence-electron chi connectivity index (χ2n) is 4.58. The molecule has 0 saturated carbocycles. The van der Waals surface area contributed by atoms with E-state index < -0.39 is 0 Å². The molecule has 0 bridgehead atoms. The predicted octanol–water partition coefficient (Wildman–Crippen LogP) is 3.33. The summed E-state index contributed by atoms with van der Waals surface area (Å²) < 4.78 is 0. The van der Waals surface area contributed by atoms with E-state index in [1.807, 2.05) is 6.92 Å². The number of hydrogen-bond acceptors (Lipinski definition) is 4. The van der Waals surface area contributed by atoms with Gasteiger partial charge >= 0.3 is 0 Å². The standard InChI is InChI=1S/C9H11NO.C8H9NO/c1-2-9(11)7-3-5-8(10)6-4-7;1-6(10)7-2-4-8(9)5-3-7/h3-6H,2,10H2,1H3;2-5H,9H2,1H3. The van der Waals surface area contributed by atoms with Crippen LogP contribution >= 0.6 is 0 Å². The Morgan fingerprint density at radius 2 is 1.19 bits per heavy atom. The highest BCUT2D eigenvalue weighted by Gasteiger charge is 2.00. The van der Waals surface area contributed by atoms with E-state index in [0.717, 1.165) is 5.56 Å². The Morgan fingerprint density at radius 3 is 1.52 bits per heavy atom. The number of ketones is 2. The normalized spacial score (nSPS) is 9.43. The van der Waals surface area contributed by atoms with Crippen molar-refractivity contribution in [2.45, 2.75) is 20.3 Å². The molecule has 2 aromatic carbocycles. The van der Waals surface area contributed by atoms with Gasteiger partial charge in [-0.3, -0.25) is 9.59 Å². The summed E-state index contributed by atoms with van der Waals surface area (Å²) in [6.45, 7) is 3.38. The highest BCUT2D eigenvalue weighted by Crippen LogP contribution is 2.07. The minimum atomic E-state index is 0.0694. The van der Waals surface area contributed by atoms with Gasteiger partial charge in [0, 0.05) is 28.9 Å². The minimum absolute atomic E-state index is 0.0694. The molecule has 2 rings (SSSR count). The van der Waals surface area contributed by atoms with Crippen molar-refractivity contribution >= 4 is 22.9 Å². The number of anilines is 2. The molecule has 4 heteroatoms. The molecule has 4 nitrogen and oxygen atoms in total. The second-order valence-corrected chi connectivity index (χ2v) is 4.58. The first-order valence-corrected chi connectivity index (χ1v) is 6.69. The Morgan fingerprint density at radius 1 is 0.810 bits per heavy atom. The Kier molecular flexibility index (Phi) is 6.14. The molecular weight excluding hydrogens is 264 g/mol. The number of nitrogens with two attached hydrogens (primary N) is 2. The van der Waals surface area contributed by atoms with E-state index in [9.17, 15) is 9.59 Å². The summed E-state index contributed by atoms with van der Waals surface area (Å²) in [5.41, 5.74) is 13.7. The van der Waals surface area contributed by atoms with Gasteiger partial charge in [0.1, 0.15) is 0 Å². The van der Waals surface area contributed by atoms with Gasteiger partial charge in [-0.2, -0.15) is 0 Å². The van der Waals surface area contributed by atoms with Crippen LogP contribution in [0.15, 0.2) is 48.5 Å². The molecule has 21 heavy (non-hydrogen) atoms. The summed E-state index contributed by atoms with van der Waals surface area (Å²) in [7, 11) is 0. The van der Waals surface area contributed by atoms with Crippen LogP contribution in [0, 0.1) is 0 Å². The van der Waals surface area contributed by atoms with E-state index in [1.54, 1.807) is 48.5 Å². The maximum Gasteiger partial charge on any atom is 0.162 e. The van der Waals surface area contributed by atoms with Gasteiger partial charge < -0.3 is 11.5 Å². The van der Waals surface area contributed by atoms with E-state index in [1.165, 1.54) is 6.92 Å². The van der Waals surface area contributed by atoms with Gasteiger partial charge in [0.25, 0.3) is 0 Å². The number of hydrogen-bond donors (Lipinski definition) is 2. The third-order valence-electron chi connectivity index (χ3n) is 2.87. The SMILES string of the molecule is CC(=O)c1ccc(N)cc1.CCC(=O)c1ccc(N)cc1. The van der Waals surface area contributed by atoms with Crippen LogP contribution in [0.1, 0.15) is 41.0 Å². The third kappa shape index (κ3) is 5.48. The molecule has 0 amide bonds. The average Bonchev–Trinajstić information content (AvgIpc) is 2.48. The van der Waals surface area contributed by atoms with Gasteiger partial charge in [-0.1, -0.05) is 6.92 Å². The molecule has 4 N–H and O–H groups in total. The number of benzene rings is 2. The number of rotatable bonds is 3. The second kappa shape index (κ2) is 7.85. The highest BCUT2D eigenvalue weighted by atomic mass is 16.1. The van der Waals surface area contributed by atoms with Gasteiger partial charge in [0.05, 0.1) is 0 Å². The fraction of sp³-hybridized carbons (Fsp3) is 0.176. The molecule has 0 fully saturated rings. The number of carbonyl (C=O) groups excluding carboxylic acids is 2. The fourth-order valence-electron chi connectivity index (χ4n) is 1.59. The van der Waals surface area contributed by atoms with E-state index in [4.69, 9.17) is 11.5 Å². The van der Waals surface area contributed by atoms with Gasteiger partial charge in [0.2, 0.25) is 0 Å². The molecule has 0 atom stereocenters. The molecule has 0 spiro atoms. The van der Waals surface area contributed by atoms with Crippen molar-refractivity contribution in [1.29, 1.82) is 0 Å². The summed E-state index contributed by atoms with van der Waals surface area (Å²) in [6.07, 6.45) is 0.546. The number of carbonyl (C=O) groups is 2. The first-order chi connectivity index (χ1) is 9.93. The molecular formula is C17H20N2O2. The molecule has 0 unspecified atom stereocenters. The van der Waals surface area contributed by atoms with Gasteiger partial charge in [-0.25, -0.2) is 0 Å². The number of Topliss-reactive ketones (excluding diaryl/α,β-unsaturated/α-hetero) is 2. The Bertz CT molecular complexity index is 602. The smallest absolute Gasteiger partial charge is 0.162 e. The number of nitrogen functional groups attached to an aromatic ring is 2. The predicted molar refractivity (Wildman–Crippen MR) is 86.3 cm³/mol. The van der Waals surface area contributed by atoms with E-state index in [2.05, 4.69) is 0 Å². The van der Waals surface area contributed by atoms with Gasteiger partial charge in [0.15, 0.2) is 11.6 Å². The molecule has 0 aliphatic carbocycles. The van der Waals surface area contributed by atoms with Crippen molar-refractivity contribution in [3.05, 3.63) is 59.7 Å². The van der Waals surface area contributed by atoms with Crippen LogP contribution in [-0.2, 0) is 0 Å². The van der Waals surface area contributed by atoms with Crippen LogP contribution < -0.4 is 11.5 Å². The first kappa shape index (κ1) is 16.4. The zero-order valence-corrected chi connectivity index (χ0v) is 12.3. The van der Waals surface area contributed by atoms with Crippen molar-refractivity contribution in [2.24, 2.45) is 0 Å².